The van der Waals surface area contributed by atoms with Gasteiger partial charge in [-0.1, -0.05) is 106 Å². The number of nitrogens with one attached hydrogen (secondary N) is 2. The van der Waals surface area contributed by atoms with Crippen molar-refractivity contribution >= 4 is 12.0 Å². The number of amides is 2. The number of carbonyl (C=O) groups excluding carboxylic acids is 2. The lowest BCUT2D eigenvalue weighted by Crippen LogP contribution is -2.58. The third kappa shape index (κ3) is 9.21. The van der Waals surface area contributed by atoms with E-state index in [4.69, 9.17) is 10.6 Å². The fourth-order valence-electron chi connectivity index (χ4n) is 4.37. The van der Waals surface area contributed by atoms with Crippen LogP contribution < -0.4 is 16.5 Å². The highest BCUT2D eigenvalue weighted by molar-refractivity contribution is 5.86. The largest absolute Gasteiger partial charge is 0.453 e. The Labute approximate surface area is 231 Å². The highest BCUT2D eigenvalue weighted by Gasteiger charge is 2.35. The number of ether oxygens (including phenoxy) is 1. The zero-order chi connectivity index (χ0) is 28.4. The predicted molar refractivity (Wildman–Crippen MR) is 153 cm³/mol. The molecule has 3 aromatic carbocycles. The number of nitrogens with two attached hydrogens (primary N) is 1. The van der Waals surface area contributed by atoms with Crippen LogP contribution in [0.4, 0.5) is 4.79 Å². The predicted octanol–water partition coefficient (Wildman–Crippen LogP) is 3.89. The molecule has 3 atom stereocenters. The van der Waals surface area contributed by atoms with E-state index in [9.17, 15) is 14.7 Å². The maximum atomic E-state index is 13.3. The van der Waals surface area contributed by atoms with Crippen LogP contribution in [0.15, 0.2) is 84.9 Å². The molecule has 8 nitrogen and oxygen atoms in total. The van der Waals surface area contributed by atoms with Crippen molar-refractivity contribution in [1.29, 1.82) is 0 Å². The molecule has 8 heteroatoms. The van der Waals surface area contributed by atoms with Gasteiger partial charge < -0.3 is 20.5 Å². The van der Waals surface area contributed by atoms with Gasteiger partial charge in [0.15, 0.2) is 0 Å². The molecule has 0 aliphatic heterocycles. The lowest BCUT2D eigenvalue weighted by atomic mass is 9.85. The van der Waals surface area contributed by atoms with Crippen LogP contribution in [0.25, 0.3) is 11.1 Å². The first kappa shape index (κ1) is 29.8. The van der Waals surface area contributed by atoms with Crippen molar-refractivity contribution in [2.75, 3.05) is 13.7 Å². The Balaban J connectivity index is 1.70. The summed E-state index contributed by atoms with van der Waals surface area (Å²) in [4.78, 5) is 25.3. The fourth-order valence-corrected chi connectivity index (χ4v) is 4.37. The Bertz CT molecular complexity index is 1180. The quantitative estimate of drug-likeness (QED) is 0.220. The van der Waals surface area contributed by atoms with Crippen molar-refractivity contribution in [3.8, 4) is 11.1 Å². The van der Waals surface area contributed by atoms with Gasteiger partial charge in [-0.15, -0.1) is 0 Å². The number of hydrogen-bond acceptors (Lipinski definition) is 6. The average Bonchev–Trinajstić information content (AvgIpc) is 2.91. The lowest BCUT2D eigenvalue weighted by Gasteiger charge is -2.33. The summed E-state index contributed by atoms with van der Waals surface area (Å²) in [5.41, 5.74) is 3.62. The molecule has 208 valence electrons. The molecule has 0 saturated carbocycles. The molecule has 39 heavy (non-hydrogen) atoms. The Kier molecular flexibility index (Phi) is 10.6. The summed E-state index contributed by atoms with van der Waals surface area (Å²) < 4.78 is 4.71. The number of benzene rings is 3. The number of hydrazine groups is 1. The Morgan fingerprint density at radius 2 is 1.44 bits per heavy atom. The smallest absolute Gasteiger partial charge is 0.407 e. The molecule has 2 amide bonds. The number of rotatable bonds is 11. The minimum Gasteiger partial charge on any atom is -0.453 e. The van der Waals surface area contributed by atoms with Gasteiger partial charge in [0.2, 0.25) is 5.91 Å². The number of methoxy groups -OCH3 is 1. The first-order chi connectivity index (χ1) is 18.6. The first-order valence-corrected chi connectivity index (χ1v) is 13.1. The maximum Gasteiger partial charge on any atom is 0.407 e. The van der Waals surface area contributed by atoms with Crippen molar-refractivity contribution in [3.05, 3.63) is 96.1 Å². The van der Waals surface area contributed by atoms with Crippen molar-refractivity contribution in [3.63, 3.8) is 0 Å². The van der Waals surface area contributed by atoms with Crippen LogP contribution in [0.3, 0.4) is 0 Å². The van der Waals surface area contributed by atoms with E-state index < -0.39 is 35.6 Å². The summed E-state index contributed by atoms with van der Waals surface area (Å²) in [6.07, 6.45) is -1.28. The van der Waals surface area contributed by atoms with Gasteiger partial charge in [-0.3, -0.25) is 10.6 Å². The van der Waals surface area contributed by atoms with Crippen molar-refractivity contribution in [2.24, 2.45) is 11.3 Å². The molecule has 0 aliphatic rings. The molecule has 0 fully saturated rings. The Hall–Kier alpha value is -3.72. The number of aliphatic hydroxyl groups excluding tert-OH is 1. The van der Waals surface area contributed by atoms with E-state index in [-0.39, 0.29) is 6.54 Å². The van der Waals surface area contributed by atoms with Gasteiger partial charge in [-0.25, -0.2) is 9.80 Å². The van der Waals surface area contributed by atoms with Crippen molar-refractivity contribution in [1.82, 2.24) is 15.6 Å². The van der Waals surface area contributed by atoms with Crippen LogP contribution in [-0.4, -0.2) is 54.0 Å². The van der Waals surface area contributed by atoms with Crippen LogP contribution in [0, 0.1) is 5.41 Å². The molecule has 0 radical (unpaired) electrons. The van der Waals surface area contributed by atoms with Gasteiger partial charge in [0.05, 0.1) is 19.3 Å². The van der Waals surface area contributed by atoms with Crippen LogP contribution in [0.5, 0.6) is 0 Å². The van der Waals surface area contributed by atoms with Gasteiger partial charge in [0.25, 0.3) is 0 Å². The molecule has 3 rings (SSSR count). The van der Waals surface area contributed by atoms with Crippen molar-refractivity contribution < 1.29 is 19.4 Å². The second-order valence-corrected chi connectivity index (χ2v) is 10.8. The van der Waals surface area contributed by atoms with E-state index >= 15 is 0 Å². The summed E-state index contributed by atoms with van der Waals surface area (Å²) in [5.74, 6) is 5.91. The monoisotopic (exact) mass is 532 g/mol. The Morgan fingerprint density at radius 3 is 2.00 bits per heavy atom. The summed E-state index contributed by atoms with van der Waals surface area (Å²) in [6.45, 7) is 6.09. The SMILES string of the molecule is COC(=O)N[C@H](C(=O)N[C@@H](Cc1ccccc1)[C@@H](O)CN(N)Cc1ccc(-c2ccccc2)cc1)C(C)(C)C. The zero-order valence-electron chi connectivity index (χ0n) is 23.1. The molecule has 0 unspecified atom stereocenters. The second kappa shape index (κ2) is 13.9. The molecule has 0 aliphatic carbocycles. The molecule has 0 heterocycles. The number of alkyl carbamates (subject to hydrolysis) is 1. The van der Waals surface area contributed by atoms with Gasteiger partial charge in [0, 0.05) is 13.1 Å². The van der Waals surface area contributed by atoms with E-state index in [1.165, 1.54) is 7.11 Å². The minimum atomic E-state index is -0.971. The molecular formula is C31H40N4O4. The zero-order valence-corrected chi connectivity index (χ0v) is 23.1. The van der Waals surface area contributed by atoms with Crippen molar-refractivity contribution in [2.45, 2.75) is 51.9 Å². The number of aliphatic hydroxyl groups is 1. The number of hydrogen-bond donors (Lipinski definition) is 4. The minimum absolute atomic E-state index is 0.128. The highest BCUT2D eigenvalue weighted by atomic mass is 16.5. The lowest BCUT2D eigenvalue weighted by molar-refractivity contribution is -0.127. The summed E-state index contributed by atoms with van der Waals surface area (Å²) in [7, 11) is 1.25. The molecule has 0 spiro atoms. The van der Waals surface area contributed by atoms with E-state index in [0.717, 1.165) is 22.3 Å². The van der Waals surface area contributed by atoms with Gasteiger partial charge in [-0.05, 0) is 34.1 Å². The van der Waals surface area contributed by atoms with Crippen LogP contribution in [-0.2, 0) is 22.5 Å². The maximum absolute atomic E-state index is 13.3. The fraction of sp³-hybridized carbons (Fsp3) is 0.355. The van der Waals surface area contributed by atoms with E-state index in [1.807, 2.05) is 93.6 Å². The van der Waals surface area contributed by atoms with E-state index in [1.54, 1.807) is 5.01 Å². The first-order valence-electron chi connectivity index (χ1n) is 13.1. The second-order valence-electron chi connectivity index (χ2n) is 10.8. The van der Waals surface area contributed by atoms with Crippen LogP contribution >= 0.6 is 0 Å². The molecular weight excluding hydrogens is 492 g/mol. The average molecular weight is 533 g/mol. The molecule has 0 bridgehead atoms. The third-order valence-electron chi connectivity index (χ3n) is 6.53. The summed E-state index contributed by atoms with van der Waals surface area (Å²) >= 11 is 0. The molecule has 3 aromatic rings. The molecule has 0 aromatic heterocycles. The molecule has 0 saturated heterocycles. The number of carbonyl (C=O) groups is 2. The number of nitrogens with zero attached hydrogens (tertiary/aromatic N) is 1. The van der Waals surface area contributed by atoms with Gasteiger partial charge >= 0.3 is 6.09 Å². The van der Waals surface area contributed by atoms with Crippen LogP contribution in [0.1, 0.15) is 31.9 Å². The molecule has 5 N–H and O–H groups in total. The normalized spacial score (nSPS) is 13.8. The third-order valence-corrected chi connectivity index (χ3v) is 6.53. The van der Waals surface area contributed by atoms with E-state index in [0.29, 0.717) is 13.0 Å². The standard InChI is InChI=1S/C31H40N4O4/c1-31(2,3)28(34-30(38)39-4)29(37)33-26(19-22-11-7-5-8-12-22)27(36)21-35(32)20-23-15-17-25(18-16-23)24-13-9-6-10-14-24/h5-18,26-28,36H,19-21,32H2,1-4H3,(H,33,37)(H,34,38)/t26-,27-,28+/m0/s1. The highest BCUT2D eigenvalue weighted by Crippen LogP contribution is 2.21. The Morgan fingerprint density at radius 1 is 0.872 bits per heavy atom. The summed E-state index contributed by atoms with van der Waals surface area (Å²) in [6, 6.07) is 26.4. The van der Waals surface area contributed by atoms with Gasteiger partial charge in [0.1, 0.15) is 6.04 Å². The van der Waals surface area contributed by atoms with E-state index in [2.05, 4.69) is 22.8 Å². The van der Waals surface area contributed by atoms with Gasteiger partial charge in [-0.2, -0.15) is 0 Å². The van der Waals surface area contributed by atoms with Crippen LogP contribution in [0.2, 0.25) is 0 Å². The topological polar surface area (TPSA) is 117 Å². The summed E-state index contributed by atoms with van der Waals surface area (Å²) in [5, 5.41) is 18.3.